The fourth-order valence-electron chi connectivity index (χ4n) is 2.39. The summed E-state index contributed by atoms with van der Waals surface area (Å²) in [7, 11) is 0. The van der Waals surface area contributed by atoms with Crippen LogP contribution in [0.5, 0.6) is 0 Å². The first-order valence-corrected chi connectivity index (χ1v) is 5.53. The summed E-state index contributed by atoms with van der Waals surface area (Å²) < 4.78 is 0. The normalized spacial score (nSPS) is 33.8. The molecule has 1 aliphatic carbocycles. The molecule has 0 aliphatic heterocycles. The summed E-state index contributed by atoms with van der Waals surface area (Å²) in [6.07, 6.45) is 4.91. The smallest absolute Gasteiger partial charge is 0.0641 e. The van der Waals surface area contributed by atoms with Gasteiger partial charge in [-0.3, -0.25) is 0 Å². The molecule has 2 N–H and O–H groups in total. The van der Waals surface area contributed by atoms with Crippen LogP contribution in [-0.4, -0.2) is 5.54 Å². The van der Waals surface area contributed by atoms with E-state index in [0.29, 0.717) is 11.8 Å². The molecule has 0 unspecified atom stereocenters. The Bertz CT molecular complexity index is 224. The predicted octanol–water partition coefficient (Wildman–Crippen LogP) is 2.83. The standard InChI is InChI=1S/C12H22N2/c1-11(2,3)10-4-6-12(14,7-5-10)8-9-13/h10H,4-8,14H2,1-3H3/t10-,12-. The van der Waals surface area contributed by atoms with Gasteiger partial charge in [0, 0.05) is 5.54 Å². The Morgan fingerprint density at radius 2 is 1.86 bits per heavy atom. The Balaban J connectivity index is 2.51. The maximum Gasteiger partial charge on any atom is 0.0641 e. The van der Waals surface area contributed by atoms with E-state index in [0.717, 1.165) is 18.8 Å². The molecule has 0 heterocycles. The van der Waals surface area contributed by atoms with Gasteiger partial charge in [0.1, 0.15) is 0 Å². The largest absolute Gasteiger partial charge is 0.324 e. The first kappa shape index (κ1) is 11.5. The van der Waals surface area contributed by atoms with E-state index in [4.69, 9.17) is 11.0 Å². The number of rotatable bonds is 1. The lowest BCUT2D eigenvalue weighted by atomic mass is 9.67. The van der Waals surface area contributed by atoms with Gasteiger partial charge in [0.25, 0.3) is 0 Å². The Kier molecular flexibility index (Phi) is 3.21. The van der Waals surface area contributed by atoms with Crippen LogP contribution in [-0.2, 0) is 0 Å². The summed E-state index contributed by atoms with van der Waals surface area (Å²) in [4.78, 5) is 0. The highest BCUT2D eigenvalue weighted by Gasteiger charge is 2.35. The Morgan fingerprint density at radius 3 is 2.21 bits per heavy atom. The lowest BCUT2D eigenvalue weighted by Crippen LogP contribution is -2.44. The van der Waals surface area contributed by atoms with Crippen molar-refractivity contribution >= 4 is 0 Å². The summed E-state index contributed by atoms with van der Waals surface area (Å²) in [5, 5.41) is 8.68. The minimum absolute atomic E-state index is 0.184. The predicted molar refractivity (Wildman–Crippen MR) is 58.6 cm³/mol. The average Bonchev–Trinajstić information content (AvgIpc) is 2.03. The number of nitrogens with two attached hydrogens (primary N) is 1. The molecule has 1 saturated carbocycles. The summed E-state index contributed by atoms with van der Waals surface area (Å²) in [6.45, 7) is 6.89. The first-order valence-electron chi connectivity index (χ1n) is 5.53. The highest BCUT2D eigenvalue weighted by atomic mass is 14.7. The first-order chi connectivity index (χ1) is 6.37. The van der Waals surface area contributed by atoms with Crippen LogP contribution in [0.4, 0.5) is 0 Å². The third kappa shape index (κ3) is 2.72. The number of hydrogen-bond donors (Lipinski definition) is 1. The fourth-order valence-corrected chi connectivity index (χ4v) is 2.39. The fraction of sp³-hybridized carbons (Fsp3) is 0.917. The monoisotopic (exact) mass is 194 g/mol. The molecule has 0 aromatic heterocycles. The molecule has 0 amide bonds. The molecule has 0 radical (unpaired) electrons. The molecule has 0 saturated heterocycles. The minimum Gasteiger partial charge on any atom is -0.324 e. The van der Waals surface area contributed by atoms with Gasteiger partial charge in [0.2, 0.25) is 0 Å². The molecule has 2 heteroatoms. The summed E-state index contributed by atoms with van der Waals surface area (Å²) >= 11 is 0. The number of nitrogens with zero attached hydrogens (tertiary/aromatic N) is 1. The van der Waals surface area contributed by atoms with Gasteiger partial charge in [0.05, 0.1) is 12.5 Å². The maximum atomic E-state index is 8.68. The lowest BCUT2D eigenvalue weighted by Gasteiger charge is -2.41. The van der Waals surface area contributed by atoms with Crippen LogP contribution in [0.3, 0.4) is 0 Å². The zero-order valence-corrected chi connectivity index (χ0v) is 9.64. The molecule has 1 aliphatic rings. The molecular weight excluding hydrogens is 172 g/mol. The van der Waals surface area contributed by atoms with Crippen LogP contribution in [0.25, 0.3) is 0 Å². The zero-order chi connectivity index (χ0) is 10.8. The SMILES string of the molecule is CC(C)(C)[C@H]1CC[C@@](N)(CC#N)CC1. The van der Waals surface area contributed by atoms with Gasteiger partial charge in [-0.2, -0.15) is 5.26 Å². The van der Waals surface area contributed by atoms with E-state index in [1.807, 2.05) is 0 Å². The van der Waals surface area contributed by atoms with E-state index < -0.39 is 0 Å². The Hall–Kier alpha value is -0.550. The second kappa shape index (κ2) is 3.90. The Labute approximate surface area is 87.5 Å². The molecule has 0 aromatic carbocycles. The number of hydrogen-bond acceptors (Lipinski definition) is 2. The van der Waals surface area contributed by atoms with Crippen molar-refractivity contribution in [3.63, 3.8) is 0 Å². The zero-order valence-electron chi connectivity index (χ0n) is 9.64. The number of nitriles is 1. The van der Waals surface area contributed by atoms with E-state index in [2.05, 4.69) is 26.8 Å². The third-order valence-corrected chi connectivity index (χ3v) is 3.64. The minimum atomic E-state index is -0.184. The van der Waals surface area contributed by atoms with Gasteiger partial charge in [-0.25, -0.2) is 0 Å². The van der Waals surface area contributed by atoms with E-state index >= 15 is 0 Å². The molecule has 1 rings (SSSR count). The molecular formula is C12H22N2. The topological polar surface area (TPSA) is 49.8 Å². The van der Waals surface area contributed by atoms with Gasteiger partial charge in [-0.15, -0.1) is 0 Å². The van der Waals surface area contributed by atoms with E-state index in [-0.39, 0.29) is 5.54 Å². The van der Waals surface area contributed by atoms with Crippen molar-refractivity contribution < 1.29 is 0 Å². The van der Waals surface area contributed by atoms with Crippen LogP contribution >= 0.6 is 0 Å². The Morgan fingerprint density at radius 1 is 1.36 bits per heavy atom. The summed E-state index contributed by atoms with van der Waals surface area (Å²) in [5.41, 5.74) is 6.37. The highest BCUT2D eigenvalue weighted by molar-refractivity contribution is 4.97. The molecule has 0 aromatic rings. The molecule has 0 atom stereocenters. The average molecular weight is 194 g/mol. The highest BCUT2D eigenvalue weighted by Crippen LogP contribution is 2.41. The quantitative estimate of drug-likeness (QED) is 0.697. The summed E-state index contributed by atoms with van der Waals surface area (Å²) in [5.74, 6) is 0.776. The van der Waals surface area contributed by atoms with Gasteiger partial charge in [-0.1, -0.05) is 20.8 Å². The van der Waals surface area contributed by atoms with Gasteiger partial charge in [-0.05, 0) is 37.0 Å². The molecule has 0 bridgehead atoms. The molecule has 2 nitrogen and oxygen atoms in total. The van der Waals surface area contributed by atoms with Gasteiger partial charge >= 0.3 is 0 Å². The van der Waals surface area contributed by atoms with E-state index in [9.17, 15) is 0 Å². The van der Waals surface area contributed by atoms with E-state index in [1.165, 1.54) is 12.8 Å². The van der Waals surface area contributed by atoms with Crippen molar-refractivity contribution in [1.29, 1.82) is 5.26 Å². The molecule has 0 spiro atoms. The van der Waals surface area contributed by atoms with Crippen LogP contribution in [0.2, 0.25) is 0 Å². The van der Waals surface area contributed by atoms with Crippen LogP contribution in [0.15, 0.2) is 0 Å². The molecule has 80 valence electrons. The van der Waals surface area contributed by atoms with Crippen LogP contribution < -0.4 is 5.73 Å². The van der Waals surface area contributed by atoms with Crippen molar-refractivity contribution in [3.8, 4) is 6.07 Å². The van der Waals surface area contributed by atoms with Crippen LogP contribution in [0, 0.1) is 22.7 Å². The van der Waals surface area contributed by atoms with Crippen LogP contribution in [0.1, 0.15) is 52.9 Å². The lowest BCUT2D eigenvalue weighted by molar-refractivity contribution is 0.136. The van der Waals surface area contributed by atoms with E-state index in [1.54, 1.807) is 0 Å². The van der Waals surface area contributed by atoms with Gasteiger partial charge in [0.15, 0.2) is 0 Å². The van der Waals surface area contributed by atoms with Crippen molar-refractivity contribution in [2.24, 2.45) is 17.1 Å². The molecule has 1 fully saturated rings. The third-order valence-electron chi connectivity index (χ3n) is 3.64. The maximum absolute atomic E-state index is 8.68. The van der Waals surface area contributed by atoms with Crippen molar-refractivity contribution in [1.82, 2.24) is 0 Å². The van der Waals surface area contributed by atoms with Crippen molar-refractivity contribution in [2.75, 3.05) is 0 Å². The summed E-state index contributed by atoms with van der Waals surface area (Å²) in [6, 6.07) is 2.21. The molecule has 14 heavy (non-hydrogen) atoms. The van der Waals surface area contributed by atoms with Gasteiger partial charge < -0.3 is 5.73 Å². The second-order valence-electron chi connectivity index (χ2n) is 5.84. The van der Waals surface area contributed by atoms with Crippen molar-refractivity contribution in [3.05, 3.63) is 0 Å². The van der Waals surface area contributed by atoms with Crippen molar-refractivity contribution in [2.45, 2.75) is 58.4 Å². The second-order valence-corrected chi connectivity index (χ2v) is 5.84.